The first-order valence-corrected chi connectivity index (χ1v) is 5.20. The van der Waals surface area contributed by atoms with Gasteiger partial charge in [0.25, 0.3) is 0 Å². The zero-order chi connectivity index (χ0) is 9.47. The van der Waals surface area contributed by atoms with E-state index in [0.717, 1.165) is 5.92 Å². The third-order valence-electron chi connectivity index (χ3n) is 3.90. The van der Waals surface area contributed by atoms with E-state index >= 15 is 0 Å². The maximum absolute atomic E-state index is 2.39. The highest BCUT2D eigenvalue weighted by atomic mass is 14.4. The van der Waals surface area contributed by atoms with Crippen molar-refractivity contribution in [3.63, 3.8) is 0 Å². The molecule has 0 spiro atoms. The van der Waals surface area contributed by atoms with E-state index in [1.165, 1.54) is 24.0 Å². The second-order valence-electron chi connectivity index (χ2n) is 4.72. The second-order valence-corrected chi connectivity index (χ2v) is 4.72. The third-order valence-corrected chi connectivity index (χ3v) is 3.90. The van der Waals surface area contributed by atoms with Crippen molar-refractivity contribution in [2.24, 2.45) is 5.92 Å². The lowest BCUT2D eigenvalue weighted by Crippen LogP contribution is -2.39. The van der Waals surface area contributed by atoms with E-state index < -0.39 is 0 Å². The zero-order valence-electron chi connectivity index (χ0n) is 8.80. The first kappa shape index (κ1) is 8.80. The average Bonchev–Trinajstić information content (AvgIpc) is 2.15. The van der Waals surface area contributed by atoms with Crippen LogP contribution in [0, 0.1) is 12.8 Å². The van der Waals surface area contributed by atoms with Crippen molar-refractivity contribution in [3.05, 3.63) is 35.4 Å². The van der Waals surface area contributed by atoms with Crippen LogP contribution < -0.4 is 0 Å². The first-order valence-electron chi connectivity index (χ1n) is 5.20. The Kier molecular flexibility index (Phi) is 1.94. The van der Waals surface area contributed by atoms with Gasteiger partial charge in [-0.3, -0.25) is 0 Å². The molecule has 0 heterocycles. The van der Waals surface area contributed by atoms with E-state index in [0.29, 0.717) is 5.41 Å². The van der Waals surface area contributed by atoms with E-state index in [-0.39, 0.29) is 0 Å². The van der Waals surface area contributed by atoms with Crippen LogP contribution in [0.25, 0.3) is 0 Å². The van der Waals surface area contributed by atoms with Gasteiger partial charge in [-0.2, -0.15) is 0 Å². The van der Waals surface area contributed by atoms with Crippen molar-refractivity contribution in [3.8, 4) is 0 Å². The van der Waals surface area contributed by atoms with Crippen LogP contribution in [-0.2, 0) is 5.41 Å². The smallest absolute Gasteiger partial charge is 0.00495 e. The molecule has 0 aliphatic heterocycles. The molecule has 2 rings (SSSR count). The molecule has 1 saturated carbocycles. The normalized spacial score (nSPS) is 32.7. The highest BCUT2D eigenvalue weighted by Crippen LogP contribution is 2.47. The molecule has 0 aromatic heterocycles. The number of aryl methyl sites for hydroxylation is 1. The van der Waals surface area contributed by atoms with Gasteiger partial charge in [-0.15, -0.1) is 0 Å². The SMILES string of the molecule is Cc1ccc(C2(C)CCC2C)cc1. The summed E-state index contributed by atoms with van der Waals surface area (Å²) in [6.07, 6.45) is 2.75. The highest BCUT2D eigenvalue weighted by Gasteiger charge is 2.40. The van der Waals surface area contributed by atoms with Gasteiger partial charge >= 0.3 is 0 Å². The zero-order valence-corrected chi connectivity index (χ0v) is 8.80. The summed E-state index contributed by atoms with van der Waals surface area (Å²) in [5.41, 5.74) is 3.35. The molecular formula is C13H18. The molecule has 70 valence electrons. The summed E-state index contributed by atoms with van der Waals surface area (Å²) < 4.78 is 0. The van der Waals surface area contributed by atoms with E-state index in [1.807, 2.05) is 0 Å². The molecule has 1 aromatic carbocycles. The van der Waals surface area contributed by atoms with Gasteiger partial charge in [0.15, 0.2) is 0 Å². The van der Waals surface area contributed by atoms with Gasteiger partial charge in [-0.1, -0.05) is 43.7 Å². The molecule has 0 amide bonds. The predicted octanol–water partition coefficient (Wildman–Crippen LogP) is 3.68. The molecule has 0 radical (unpaired) electrons. The fourth-order valence-corrected chi connectivity index (χ4v) is 2.23. The number of rotatable bonds is 1. The summed E-state index contributed by atoms with van der Waals surface area (Å²) in [4.78, 5) is 0. The van der Waals surface area contributed by atoms with Crippen molar-refractivity contribution < 1.29 is 0 Å². The van der Waals surface area contributed by atoms with Gasteiger partial charge in [-0.05, 0) is 36.7 Å². The van der Waals surface area contributed by atoms with Crippen molar-refractivity contribution in [1.82, 2.24) is 0 Å². The van der Waals surface area contributed by atoms with Crippen molar-refractivity contribution in [1.29, 1.82) is 0 Å². The molecule has 0 N–H and O–H groups in total. The largest absolute Gasteiger partial charge is 0.0617 e. The van der Waals surface area contributed by atoms with E-state index in [1.54, 1.807) is 0 Å². The van der Waals surface area contributed by atoms with Gasteiger partial charge in [-0.25, -0.2) is 0 Å². The van der Waals surface area contributed by atoms with Gasteiger partial charge in [0, 0.05) is 0 Å². The van der Waals surface area contributed by atoms with Crippen LogP contribution in [0.5, 0.6) is 0 Å². The Bertz CT molecular complexity index is 296. The molecule has 1 aliphatic rings. The van der Waals surface area contributed by atoms with Crippen LogP contribution in [0.1, 0.15) is 37.8 Å². The van der Waals surface area contributed by atoms with Gasteiger partial charge in [0.2, 0.25) is 0 Å². The maximum Gasteiger partial charge on any atom is -0.00495 e. The standard InChI is InChI=1S/C13H18/c1-10-4-6-12(7-5-10)13(3)9-8-11(13)2/h4-7,11H,8-9H2,1-3H3. The summed E-state index contributed by atoms with van der Waals surface area (Å²) in [5, 5.41) is 0. The van der Waals surface area contributed by atoms with Crippen LogP contribution >= 0.6 is 0 Å². The molecule has 1 aliphatic carbocycles. The average molecular weight is 174 g/mol. The van der Waals surface area contributed by atoms with Gasteiger partial charge < -0.3 is 0 Å². The molecule has 0 heteroatoms. The molecule has 1 fully saturated rings. The molecular weight excluding hydrogens is 156 g/mol. The molecule has 0 nitrogen and oxygen atoms in total. The Morgan fingerprint density at radius 2 is 1.85 bits per heavy atom. The van der Waals surface area contributed by atoms with Crippen LogP contribution in [0.2, 0.25) is 0 Å². The third kappa shape index (κ3) is 1.29. The minimum absolute atomic E-state index is 0.466. The Hall–Kier alpha value is -0.780. The summed E-state index contributed by atoms with van der Waals surface area (Å²) in [7, 11) is 0. The fourth-order valence-electron chi connectivity index (χ4n) is 2.23. The van der Waals surface area contributed by atoms with Crippen LogP contribution in [0.3, 0.4) is 0 Å². The van der Waals surface area contributed by atoms with E-state index in [9.17, 15) is 0 Å². The number of hydrogen-bond donors (Lipinski definition) is 0. The van der Waals surface area contributed by atoms with E-state index in [2.05, 4.69) is 45.0 Å². The van der Waals surface area contributed by atoms with E-state index in [4.69, 9.17) is 0 Å². The lowest BCUT2D eigenvalue weighted by Gasteiger charge is -2.46. The summed E-state index contributed by atoms with van der Waals surface area (Å²) in [6, 6.07) is 9.05. The van der Waals surface area contributed by atoms with Crippen molar-refractivity contribution >= 4 is 0 Å². The lowest BCUT2D eigenvalue weighted by molar-refractivity contribution is 0.159. The maximum atomic E-state index is 2.39. The summed E-state index contributed by atoms with van der Waals surface area (Å²) in [5.74, 6) is 0.857. The molecule has 2 atom stereocenters. The minimum Gasteiger partial charge on any atom is -0.0617 e. The van der Waals surface area contributed by atoms with Crippen molar-refractivity contribution in [2.45, 2.75) is 39.0 Å². The van der Waals surface area contributed by atoms with Crippen molar-refractivity contribution in [2.75, 3.05) is 0 Å². The van der Waals surface area contributed by atoms with Crippen LogP contribution in [0.15, 0.2) is 24.3 Å². The van der Waals surface area contributed by atoms with Gasteiger partial charge in [0.1, 0.15) is 0 Å². The Balaban J connectivity index is 2.30. The van der Waals surface area contributed by atoms with Crippen LogP contribution in [0.4, 0.5) is 0 Å². The highest BCUT2D eigenvalue weighted by molar-refractivity contribution is 5.30. The Morgan fingerprint density at radius 1 is 1.23 bits per heavy atom. The van der Waals surface area contributed by atoms with Crippen LogP contribution in [-0.4, -0.2) is 0 Å². The summed E-state index contributed by atoms with van der Waals surface area (Å²) >= 11 is 0. The molecule has 1 aromatic rings. The lowest BCUT2D eigenvalue weighted by atomic mass is 9.59. The number of hydrogen-bond acceptors (Lipinski definition) is 0. The molecule has 0 saturated heterocycles. The molecule has 2 unspecified atom stereocenters. The minimum atomic E-state index is 0.466. The fraction of sp³-hybridized carbons (Fsp3) is 0.538. The number of benzene rings is 1. The predicted molar refractivity (Wildman–Crippen MR) is 56.9 cm³/mol. The summed E-state index contributed by atoms with van der Waals surface area (Å²) in [6.45, 7) is 6.91. The Labute approximate surface area is 81.0 Å². The quantitative estimate of drug-likeness (QED) is 0.609. The molecule has 13 heavy (non-hydrogen) atoms. The molecule has 0 bridgehead atoms. The monoisotopic (exact) mass is 174 g/mol. The second kappa shape index (κ2) is 2.87. The topological polar surface area (TPSA) is 0 Å². The Morgan fingerprint density at radius 3 is 2.23 bits per heavy atom. The van der Waals surface area contributed by atoms with Gasteiger partial charge in [0.05, 0.1) is 0 Å². The first-order chi connectivity index (χ1) is 6.13.